The van der Waals surface area contributed by atoms with Crippen molar-refractivity contribution in [1.82, 2.24) is 0 Å². The van der Waals surface area contributed by atoms with Gasteiger partial charge in [0.05, 0.1) is 0 Å². The molecule has 0 aromatic heterocycles. The largest absolute Gasteiger partial charge is 0.449 e. The maximum Gasteiger partial charge on any atom is 0.449 e. The molecule has 0 bridgehead atoms. The summed E-state index contributed by atoms with van der Waals surface area (Å²) in [5.41, 5.74) is -10.4. The predicted molar refractivity (Wildman–Crippen MR) is 51.7 cm³/mol. The molecule has 3 nitrogen and oxygen atoms in total. The molecule has 1 aliphatic heterocycles. The third-order valence-electron chi connectivity index (χ3n) is 3.82. The molecule has 3 unspecified atom stereocenters. The smallest absolute Gasteiger partial charge is 0.378 e. The topological polar surface area (TPSA) is 49.7 Å². The summed E-state index contributed by atoms with van der Waals surface area (Å²) < 4.78 is 135. The summed E-state index contributed by atoms with van der Waals surface area (Å²) in [6, 6.07) is 0. The van der Waals surface area contributed by atoms with E-state index in [9.17, 15) is 49.0 Å². The molecule has 3 atom stereocenters. The Morgan fingerprint density at radius 2 is 1.22 bits per heavy atom. The van der Waals surface area contributed by atoms with Gasteiger partial charge in [0.25, 0.3) is 0 Å². The fourth-order valence-corrected chi connectivity index (χ4v) is 2.27. The Morgan fingerprint density at radius 1 is 0.826 bits per heavy atom. The van der Waals surface area contributed by atoms with Crippen LogP contribution in [-0.4, -0.2) is 51.4 Å². The van der Waals surface area contributed by atoms with Crippen LogP contribution in [0.15, 0.2) is 0 Å². The third kappa shape index (κ3) is 2.02. The normalized spacial score (nSPS) is 41.0. The van der Waals surface area contributed by atoms with Crippen LogP contribution in [0.25, 0.3) is 0 Å². The fraction of sp³-hybridized carbons (Fsp3) is 1.00. The van der Waals surface area contributed by atoms with Gasteiger partial charge in [-0.25, -0.2) is 0 Å². The minimum absolute atomic E-state index is 0.276. The minimum atomic E-state index is -6.62. The Bertz CT molecular complexity index is 482. The number of aliphatic hydroxyl groups is 2. The molecule has 1 saturated heterocycles. The van der Waals surface area contributed by atoms with Gasteiger partial charge in [-0.3, -0.25) is 0 Å². The standard InChI is InChI=1S/C10H10F10O3/c1-3-5(9(15,16)17)6(11,12)4(2,21)7(13,14)8(22,23-5)10(18,19)20/h21-22H,3H2,1-2H3. The zero-order valence-corrected chi connectivity index (χ0v) is 11.3. The first-order chi connectivity index (χ1) is 9.77. The van der Waals surface area contributed by atoms with Crippen molar-refractivity contribution in [2.45, 2.75) is 61.5 Å². The number of rotatable bonds is 1. The van der Waals surface area contributed by atoms with Gasteiger partial charge in [-0.05, 0) is 13.3 Å². The second-order valence-corrected chi connectivity index (χ2v) is 5.14. The van der Waals surface area contributed by atoms with E-state index in [2.05, 4.69) is 4.74 Å². The van der Waals surface area contributed by atoms with Gasteiger partial charge < -0.3 is 14.9 Å². The maximum atomic E-state index is 14.0. The first-order valence-corrected chi connectivity index (χ1v) is 5.81. The lowest BCUT2D eigenvalue weighted by Crippen LogP contribution is -2.86. The summed E-state index contributed by atoms with van der Waals surface area (Å²) in [5.74, 6) is -18.1. The van der Waals surface area contributed by atoms with Crippen LogP contribution in [-0.2, 0) is 4.74 Å². The van der Waals surface area contributed by atoms with Gasteiger partial charge in [-0.15, -0.1) is 0 Å². The minimum Gasteiger partial charge on any atom is -0.378 e. The number of halogens is 10. The first kappa shape index (κ1) is 20.2. The molecule has 0 saturated carbocycles. The summed E-state index contributed by atoms with van der Waals surface area (Å²) >= 11 is 0. The molecule has 1 aliphatic rings. The van der Waals surface area contributed by atoms with Crippen molar-refractivity contribution in [3.05, 3.63) is 0 Å². The van der Waals surface area contributed by atoms with E-state index in [-0.39, 0.29) is 6.92 Å². The molecule has 1 fully saturated rings. The predicted octanol–water partition coefficient (Wildman–Crippen LogP) is 3.00. The van der Waals surface area contributed by atoms with E-state index in [1.165, 1.54) is 0 Å². The Hall–Kier alpha value is -0.820. The van der Waals surface area contributed by atoms with E-state index >= 15 is 0 Å². The molecule has 0 aromatic rings. The molecule has 0 spiro atoms. The second kappa shape index (κ2) is 4.63. The summed E-state index contributed by atoms with van der Waals surface area (Å²) in [4.78, 5) is 0. The van der Waals surface area contributed by atoms with Crippen LogP contribution in [0, 0.1) is 0 Å². The van der Waals surface area contributed by atoms with E-state index in [1.807, 2.05) is 0 Å². The van der Waals surface area contributed by atoms with Crippen molar-refractivity contribution in [1.29, 1.82) is 0 Å². The Balaban J connectivity index is 3.87. The maximum absolute atomic E-state index is 14.0. The van der Waals surface area contributed by atoms with Gasteiger partial charge in [0.1, 0.15) is 0 Å². The third-order valence-corrected chi connectivity index (χ3v) is 3.82. The molecule has 23 heavy (non-hydrogen) atoms. The molecular weight excluding hydrogens is 358 g/mol. The highest BCUT2D eigenvalue weighted by Crippen LogP contribution is 2.65. The Labute approximate surface area is 121 Å². The molecule has 1 heterocycles. The van der Waals surface area contributed by atoms with Crippen LogP contribution < -0.4 is 0 Å². The zero-order valence-electron chi connectivity index (χ0n) is 11.3. The van der Waals surface area contributed by atoms with Crippen molar-refractivity contribution in [3.63, 3.8) is 0 Å². The Kier molecular flexibility index (Phi) is 4.07. The van der Waals surface area contributed by atoms with Crippen molar-refractivity contribution < 1.29 is 58.9 Å². The number of hydrogen-bond donors (Lipinski definition) is 2. The van der Waals surface area contributed by atoms with Crippen LogP contribution in [0.3, 0.4) is 0 Å². The molecule has 138 valence electrons. The quantitative estimate of drug-likeness (QED) is 0.700. The highest BCUT2D eigenvalue weighted by Gasteiger charge is 2.93. The molecule has 2 N–H and O–H groups in total. The number of hydrogen-bond acceptors (Lipinski definition) is 3. The summed E-state index contributed by atoms with van der Waals surface area (Å²) in [6.07, 6.45) is -14.9. The van der Waals surface area contributed by atoms with E-state index in [4.69, 9.17) is 5.11 Å². The highest BCUT2D eigenvalue weighted by atomic mass is 19.4. The van der Waals surface area contributed by atoms with E-state index in [0.29, 0.717) is 0 Å². The van der Waals surface area contributed by atoms with Gasteiger partial charge in [-0.2, -0.15) is 43.9 Å². The highest BCUT2D eigenvalue weighted by molar-refractivity contribution is 5.22. The lowest BCUT2D eigenvalue weighted by atomic mass is 9.71. The van der Waals surface area contributed by atoms with Crippen LogP contribution in [0.5, 0.6) is 0 Å². The van der Waals surface area contributed by atoms with Gasteiger partial charge in [0.15, 0.2) is 5.60 Å². The van der Waals surface area contributed by atoms with Crippen LogP contribution >= 0.6 is 0 Å². The van der Waals surface area contributed by atoms with Gasteiger partial charge in [-0.1, -0.05) is 6.92 Å². The van der Waals surface area contributed by atoms with Crippen LogP contribution in [0.4, 0.5) is 43.9 Å². The number of alkyl halides is 10. The van der Waals surface area contributed by atoms with Gasteiger partial charge in [0.2, 0.25) is 5.60 Å². The molecule has 0 aliphatic carbocycles. The van der Waals surface area contributed by atoms with Gasteiger partial charge in [0, 0.05) is 0 Å². The summed E-state index contributed by atoms with van der Waals surface area (Å²) in [6.45, 7) is -0.361. The average molecular weight is 368 g/mol. The lowest BCUT2D eigenvalue weighted by molar-refractivity contribution is -0.557. The molecule has 13 heteroatoms. The monoisotopic (exact) mass is 368 g/mol. The second-order valence-electron chi connectivity index (χ2n) is 5.14. The van der Waals surface area contributed by atoms with Crippen LogP contribution in [0.1, 0.15) is 20.3 Å². The molecule has 1 rings (SSSR count). The van der Waals surface area contributed by atoms with E-state index < -0.39 is 54.5 Å². The first-order valence-electron chi connectivity index (χ1n) is 5.81. The van der Waals surface area contributed by atoms with Crippen molar-refractivity contribution >= 4 is 0 Å². The number of ether oxygens (including phenoxy) is 1. The van der Waals surface area contributed by atoms with E-state index in [1.54, 1.807) is 0 Å². The molecule has 0 amide bonds. The van der Waals surface area contributed by atoms with Crippen LogP contribution in [0.2, 0.25) is 0 Å². The van der Waals surface area contributed by atoms with Crippen molar-refractivity contribution in [2.24, 2.45) is 0 Å². The fourth-order valence-electron chi connectivity index (χ4n) is 2.27. The Morgan fingerprint density at radius 3 is 1.48 bits per heavy atom. The van der Waals surface area contributed by atoms with Gasteiger partial charge >= 0.3 is 30.0 Å². The average Bonchev–Trinajstić information content (AvgIpc) is 2.30. The zero-order chi connectivity index (χ0) is 18.9. The SMILES string of the molecule is CCC1(C(F)(F)F)OC(O)(C(F)(F)F)C(F)(F)C(C)(O)C1(F)F. The molecular formula is C10H10F10O3. The van der Waals surface area contributed by atoms with Crippen molar-refractivity contribution in [2.75, 3.05) is 0 Å². The molecule has 0 aromatic carbocycles. The summed E-state index contributed by atoms with van der Waals surface area (Å²) in [7, 11) is 0. The molecule has 0 radical (unpaired) electrons. The lowest BCUT2D eigenvalue weighted by Gasteiger charge is -2.58. The van der Waals surface area contributed by atoms with Crippen molar-refractivity contribution in [3.8, 4) is 0 Å². The van der Waals surface area contributed by atoms with E-state index in [0.717, 1.165) is 0 Å². The summed E-state index contributed by atoms with van der Waals surface area (Å²) in [5, 5.41) is 18.3.